The SMILES string of the molecule is CCCCCCCC/C=C\CCCCCC(CC(=O)O)OCC(O)CO. The highest BCUT2D eigenvalue weighted by Gasteiger charge is 2.15. The highest BCUT2D eigenvalue weighted by atomic mass is 16.5. The minimum atomic E-state index is -0.942. The lowest BCUT2D eigenvalue weighted by Crippen LogP contribution is -2.26. The fraction of sp³-hybridized carbons (Fsp3) is 0.857. The molecule has 0 aromatic carbocycles. The summed E-state index contributed by atoms with van der Waals surface area (Å²) in [6.45, 7) is 1.85. The molecule has 0 heterocycles. The summed E-state index contributed by atoms with van der Waals surface area (Å²) in [4.78, 5) is 10.9. The summed E-state index contributed by atoms with van der Waals surface area (Å²) in [7, 11) is 0. The molecule has 3 N–H and O–H groups in total. The second kappa shape index (κ2) is 18.9. The monoisotopic (exact) mass is 372 g/mol. The number of ether oxygens (including phenoxy) is 1. The van der Waals surface area contributed by atoms with Crippen molar-refractivity contribution in [3.8, 4) is 0 Å². The maximum absolute atomic E-state index is 10.9. The van der Waals surface area contributed by atoms with E-state index in [1.54, 1.807) is 0 Å². The van der Waals surface area contributed by atoms with Crippen LogP contribution in [0.1, 0.15) is 90.4 Å². The molecule has 0 aliphatic rings. The molecule has 26 heavy (non-hydrogen) atoms. The number of aliphatic hydroxyl groups is 2. The summed E-state index contributed by atoms with van der Waals surface area (Å²) < 4.78 is 5.41. The molecule has 0 aromatic rings. The van der Waals surface area contributed by atoms with Gasteiger partial charge in [-0.2, -0.15) is 0 Å². The van der Waals surface area contributed by atoms with Gasteiger partial charge in [0.1, 0.15) is 6.10 Å². The highest BCUT2D eigenvalue weighted by Crippen LogP contribution is 2.13. The van der Waals surface area contributed by atoms with E-state index < -0.39 is 18.2 Å². The van der Waals surface area contributed by atoms with E-state index in [0.717, 1.165) is 25.7 Å². The predicted molar refractivity (Wildman–Crippen MR) is 105 cm³/mol. The van der Waals surface area contributed by atoms with Crippen molar-refractivity contribution in [2.75, 3.05) is 13.2 Å². The Balaban J connectivity index is 3.61. The second-order valence-corrected chi connectivity index (χ2v) is 7.06. The molecular weight excluding hydrogens is 332 g/mol. The fourth-order valence-corrected chi connectivity index (χ4v) is 2.83. The molecule has 2 unspecified atom stereocenters. The zero-order chi connectivity index (χ0) is 19.5. The third-order valence-electron chi connectivity index (χ3n) is 4.43. The number of allylic oxidation sites excluding steroid dienone is 2. The molecule has 0 spiro atoms. The van der Waals surface area contributed by atoms with Crippen molar-refractivity contribution < 1.29 is 24.9 Å². The van der Waals surface area contributed by atoms with Crippen LogP contribution in [0.4, 0.5) is 0 Å². The zero-order valence-corrected chi connectivity index (χ0v) is 16.6. The van der Waals surface area contributed by atoms with Crippen LogP contribution in [-0.4, -0.2) is 46.7 Å². The summed E-state index contributed by atoms with van der Waals surface area (Å²) in [5.74, 6) is -0.897. The maximum atomic E-state index is 10.9. The Bertz CT molecular complexity index is 343. The second-order valence-electron chi connectivity index (χ2n) is 7.06. The van der Waals surface area contributed by atoms with Crippen LogP contribution in [0.3, 0.4) is 0 Å². The third-order valence-corrected chi connectivity index (χ3v) is 4.43. The van der Waals surface area contributed by atoms with E-state index in [1.165, 1.54) is 44.9 Å². The van der Waals surface area contributed by atoms with Gasteiger partial charge in [0.2, 0.25) is 0 Å². The topological polar surface area (TPSA) is 87.0 Å². The zero-order valence-electron chi connectivity index (χ0n) is 16.6. The van der Waals surface area contributed by atoms with Gasteiger partial charge < -0.3 is 20.1 Å². The van der Waals surface area contributed by atoms with Crippen LogP contribution in [0.2, 0.25) is 0 Å². The minimum absolute atomic E-state index is 0.0182. The van der Waals surface area contributed by atoms with E-state index in [9.17, 15) is 9.90 Å². The molecule has 0 radical (unpaired) electrons. The Hall–Kier alpha value is -0.910. The first-order valence-electron chi connectivity index (χ1n) is 10.4. The van der Waals surface area contributed by atoms with Gasteiger partial charge in [0.15, 0.2) is 0 Å². The normalized spacial score (nSPS) is 14.0. The Labute approximate surface area is 159 Å². The molecule has 154 valence electrons. The van der Waals surface area contributed by atoms with Gasteiger partial charge in [0.25, 0.3) is 0 Å². The Kier molecular flexibility index (Phi) is 18.2. The van der Waals surface area contributed by atoms with Gasteiger partial charge in [-0.05, 0) is 32.1 Å². The van der Waals surface area contributed by atoms with Gasteiger partial charge in [-0.1, -0.05) is 64.0 Å². The number of carboxylic acid groups (broad SMARTS) is 1. The molecule has 2 atom stereocenters. The lowest BCUT2D eigenvalue weighted by molar-refractivity contribution is -0.141. The lowest BCUT2D eigenvalue weighted by Gasteiger charge is -2.17. The van der Waals surface area contributed by atoms with Gasteiger partial charge in [-0.3, -0.25) is 4.79 Å². The molecule has 0 amide bonds. The Morgan fingerprint density at radius 2 is 1.54 bits per heavy atom. The van der Waals surface area contributed by atoms with Gasteiger partial charge in [-0.25, -0.2) is 0 Å². The molecule has 0 rings (SSSR count). The number of carbonyl (C=O) groups is 1. The molecule has 5 nitrogen and oxygen atoms in total. The quantitative estimate of drug-likeness (QED) is 0.230. The first kappa shape index (κ1) is 25.1. The lowest BCUT2D eigenvalue weighted by atomic mass is 10.1. The van der Waals surface area contributed by atoms with Crippen LogP contribution < -0.4 is 0 Å². The van der Waals surface area contributed by atoms with Gasteiger partial charge in [-0.15, -0.1) is 0 Å². The van der Waals surface area contributed by atoms with Crippen LogP contribution in [0, 0.1) is 0 Å². The van der Waals surface area contributed by atoms with Crippen molar-refractivity contribution in [2.45, 2.75) is 103 Å². The fourth-order valence-electron chi connectivity index (χ4n) is 2.83. The summed E-state index contributed by atoms with van der Waals surface area (Å²) in [6, 6.07) is 0. The number of unbranched alkanes of at least 4 members (excludes halogenated alkanes) is 9. The van der Waals surface area contributed by atoms with Crippen molar-refractivity contribution in [3.05, 3.63) is 12.2 Å². The van der Waals surface area contributed by atoms with Crippen LogP contribution in [0.15, 0.2) is 12.2 Å². The van der Waals surface area contributed by atoms with Crippen molar-refractivity contribution in [1.82, 2.24) is 0 Å². The van der Waals surface area contributed by atoms with Crippen molar-refractivity contribution in [1.29, 1.82) is 0 Å². The number of carboxylic acids is 1. The van der Waals surface area contributed by atoms with Gasteiger partial charge >= 0.3 is 5.97 Å². The summed E-state index contributed by atoms with van der Waals surface area (Å²) >= 11 is 0. The van der Waals surface area contributed by atoms with Crippen LogP contribution >= 0.6 is 0 Å². The molecule has 0 bridgehead atoms. The number of hydrogen-bond acceptors (Lipinski definition) is 4. The van der Waals surface area contributed by atoms with Gasteiger partial charge in [0, 0.05) is 0 Å². The minimum Gasteiger partial charge on any atom is -0.481 e. The van der Waals surface area contributed by atoms with Crippen molar-refractivity contribution in [3.63, 3.8) is 0 Å². The van der Waals surface area contributed by atoms with Crippen LogP contribution in [0.25, 0.3) is 0 Å². The average molecular weight is 373 g/mol. The number of hydrogen-bond donors (Lipinski definition) is 3. The van der Waals surface area contributed by atoms with E-state index in [-0.39, 0.29) is 19.6 Å². The maximum Gasteiger partial charge on any atom is 0.305 e. The molecule has 0 aromatic heterocycles. The molecular formula is C21H40O5. The summed E-state index contributed by atoms with van der Waals surface area (Å²) in [5, 5.41) is 27.0. The number of aliphatic carboxylic acids is 1. The van der Waals surface area contributed by atoms with Crippen molar-refractivity contribution >= 4 is 5.97 Å². The first-order valence-corrected chi connectivity index (χ1v) is 10.4. The van der Waals surface area contributed by atoms with E-state index in [0.29, 0.717) is 6.42 Å². The van der Waals surface area contributed by atoms with Crippen LogP contribution in [0.5, 0.6) is 0 Å². The molecule has 0 saturated carbocycles. The summed E-state index contributed by atoms with van der Waals surface area (Å²) in [5.41, 5.74) is 0. The van der Waals surface area contributed by atoms with E-state index in [2.05, 4.69) is 19.1 Å². The van der Waals surface area contributed by atoms with E-state index >= 15 is 0 Å². The molecule has 0 aliphatic heterocycles. The third kappa shape index (κ3) is 17.9. The Morgan fingerprint density at radius 3 is 2.12 bits per heavy atom. The van der Waals surface area contributed by atoms with E-state index in [1.807, 2.05) is 0 Å². The van der Waals surface area contributed by atoms with Crippen LogP contribution in [-0.2, 0) is 9.53 Å². The van der Waals surface area contributed by atoms with Crippen molar-refractivity contribution in [2.24, 2.45) is 0 Å². The standard InChI is InChI=1S/C21H40O5/c1-2-3-4-5-6-7-8-9-10-11-12-13-14-15-20(16-21(24)25)26-18-19(23)17-22/h9-10,19-20,22-23H,2-8,11-18H2,1H3,(H,24,25)/b10-9-. The molecule has 0 aliphatic carbocycles. The number of rotatable bonds is 19. The molecule has 5 heteroatoms. The smallest absolute Gasteiger partial charge is 0.305 e. The molecule has 0 saturated heterocycles. The van der Waals surface area contributed by atoms with Gasteiger partial charge in [0.05, 0.1) is 25.7 Å². The largest absolute Gasteiger partial charge is 0.481 e. The highest BCUT2D eigenvalue weighted by molar-refractivity contribution is 5.67. The Morgan fingerprint density at radius 1 is 0.962 bits per heavy atom. The predicted octanol–water partition coefficient (Wildman–Crippen LogP) is 4.46. The average Bonchev–Trinajstić information content (AvgIpc) is 2.62. The van der Waals surface area contributed by atoms with E-state index in [4.69, 9.17) is 14.9 Å². The number of aliphatic hydroxyl groups excluding tert-OH is 2. The first-order chi connectivity index (χ1) is 12.6. The molecule has 0 fully saturated rings. The summed E-state index contributed by atoms with van der Waals surface area (Å²) in [6.07, 6.45) is 17.1.